The molecule has 0 N–H and O–H groups in total. The van der Waals surface area contributed by atoms with Crippen LogP contribution in [0, 0.1) is 5.92 Å². The van der Waals surface area contributed by atoms with Crippen molar-refractivity contribution in [2.45, 2.75) is 156 Å². The van der Waals surface area contributed by atoms with Crippen LogP contribution in [0.3, 0.4) is 0 Å². The highest BCUT2D eigenvalue weighted by atomic mass is 16.5. The Balaban J connectivity index is 3.37. The molecule has 1 atom stereocenters. The fraction of sp³-hybridized carbons (Fsp3) is 0.929. The summed E-state index contributed by atoms with van der Waals surface area (Å²) in [6.07, 6.45) is 29.1. The molecule has 0 aliphatic carbocycles. The molecule has 0 radical (unpaired) electrons. The van der Waals surface area contributed by atoms with Gasteiger partial charge in [-0.05, 0) is 58.3 Å². The van der Waals surface area contributed by atoms with Gasteiger partial charge in [-0.1, -0.05) is 110 Å². The zero-order chi connectivity index (χ0) is 21.6. The minimum absolute atomic E-state index is 0.0506. The Bertz CT molecular complexity index is 344. The second-order valence-corrected chi connectivity index (χ2v) is 10.00. The van der Waals surface area contributed by atoms with E-state index in [0.29, 0.717) is 0 Å². The van der Waals surface area contributed by atoms with E-state index in [1.165, 1.54) is 116 Å². The minimum atomic E-state index is 0.0506. The van der Waals surface area contributed by atoms with Gasteiger partial charge in [0.05, 0.1) is 5.60 Å². The fourth-order valence-corrected chi connectivity index (χ4v) is 4.25. The molecule has 0 aromatic heterocycles. The first-order valence-corrected chi connectivity index (χ1v) is 13.3. The number of hydrogen-bond acceptors (Lipinski definition) is 1. The lowest BCUT2D eigenvalue weighted by Crippen LogP contribution is -2.27. The molecule has 174 valence electrons. The van der Waals surface area contributed by atoms with E-state index in [-0.39, 0.29) is 5.60 Å². The highest BCUT2D eigenvalue weighted by Crippen LogP contribution is 2.24. The molecule has 1 nitrogen and oxygen atoms in total. The van der Waals surface area contributed by atoms with Crippen LogP contribution in [0.5, 0.6) is 0 Å². The molecule has 0 bridgehead atoms. The van der Waals surface area contributed by atoms with E-state index < -0.39 is 0 Å². The Morgan fingerprint density at radius 1 is 0.655 bits per heavy atom. The van der Waals surface area contributed by atoms with Crippen LogP contribution in [0.1, 0.15) is 150 Å². The van der Waals surface area contributed by atoms with Crippen molar-refractivity contribution in [1.82, 2.24) is 0 Å². The van der Waals surface area contributed by atoms with Gasteiger partial charge in [0, 0.05) is 6.61 Å². The Hall–Kier alpha value is -0.300. The van der Waals surface area contributed by atoms with E-state index in [0.717, 1.165) is 12.5 Å². The summed E-state index contributed by atoms with van der Waals surface area (Å²) in [5.74, 6) is 0.782. The van der Waals surface area contributed by atoms with E-state index in [1.54, 1.807) is 0 Å². The smallest absolute Gasteiger partial charge is 0.0629 e. The van der Waals surface area contributed by atoms with Crippen LogP contribution in [0.4, 0.5) is 0 Å². The summed E-state index contributed by atoms with van der Waals surface area (Å²) in [6.45, 7) is 12.4. The summed E-state index contributed by atoms with van der Waals surface area (Å²) in [4.78, 5) is 0. The number of hydrogen-bond donors (Lipinski definition) is 0. The molecular weight excluding hydrogens is 352 g/mol. The van der Waals surface area contributed by atoms with Crippen LogP contribution in [0.15, 0.2) is 12.2 Å². The third-order valence-electron chi connectivity index (χ3n) is 6.04. The van der Waals surface area contributed by atoms with Crippen molar-refractivity contribution in [2.75, 3.05) is 6.61 Å². The summed E-state index contributed by atoms with van der Waals surface area (Å²) in [6, 6.07) is 0. The van der Waals surface area contributed by atoms with Crippen LogP contribution < -0.4 is 0 Å². The molecule has 0 heterocycles. The Labute approximate surface area is 185 Å². The van der Waals surface area contributed by atoms with Gasteiger partial charge in [-0.3, -0.25) is 0 Å². The van der Waals surface area contributed by atoms with Gasteiger partial charge < -0.3 is 4.74 Å². The second kappa shape index (κ2) is 21.0. The summed E-state index contributed by atoms with van der Waals surface area (Å²) >= 11 is 0. The van der Waals surface area contributed by atoms with Gasteiger partial charge in [-0.25, -0.2) is 0 Å². The summed E-state index contributed by atoms with van der Waals surface area (Å²) in [5.41, 5.74) is 0.0506. The predicted molar refractivity (Wildman–Crippen MR) is 133 cm³/mol. The molecule has 0 saturated carbocycles. The number of rotatable bonds is 22. The van der Waals surface area contributed by atoms with Crippen molar-refractivity contribution in [3.05, 3.63) is 12.2 Å². The first-order valence-electron chi connectivity index (χ1n) is 13.3. The van der Waals surface area contributed by atoms with Gasteiger partial charge in [0.1, 0.15) is 0 Å². The molecular formula is C28H56O. The van der Waals surface area contributed by atoms with Crippen LogP contribution in [-0.4, -0.2) is 12.2 Å². The van der Waals surface area contributed by atoms with Crippen LogP contribution >= 0.6 is 0 Å². The third-order valence-corrected chi connectivity index (χ3v) is 6.04. The maximum atomic E-state index is 6.19. The van der Waals surface area contributed by atoms with E-state index >= 15 is 0 Å². The van der Waals surface area contributed by atoms with Gasteiger partial charge in [0.15, 0.2) is 0 Å². The fourth-order valence-electron chi connectivity index (χ4n) is 4.25. The molecule has 1 unspecified atom stereocenters. The normalized spacial score (nSPS) is 13.4. The molecule has 29 heavy (non-hydrogen) atoms. The quantitative estimate of drug-likeness (QED) is 0.128. The standard InChI is InChI=1S/C28H56O/c1-6-8-10-11-12-13-14-15-16-17-18-19-20-21-22-23-25-29-28(4,5)26-27(3)24-9-7-2/h15-16,27H,6-14,17-26H2,1-5H3/b16-15+. The van der Waals surface area contributed by atoms with Gasteiger partial charge in [-0.2, -0.15) is 0 Å². The SMILES string of the molecule is CCCCCCCC/C=C/CCCCCCCCOC(C)(C)CC(C)CCCC. The zero-order valence-corrected chi connectivity index (χ0v) is 21.1. The largest absolute Gasteiger partial charge is 0.376 e. The lowest BCUT2D eigenvalue weighted by atomic mass is 9.91. The average molecular weight is 409 g/mol. The lowest BCUT2D eigenvalue weighted by molar-refractivity contribution is -0.0349. The van der Waals surface area contributed by atoms with Crippen molar-refractivity contribution in [3.63, 3.8) is 0 Å². The number of allylic oxidation sites excluding steroid dienone is 2. The molecule has 1 heteroatoms. The van der Waals surface area contributed by atoms with Crippen LogP contribution in [-0.2, 0) is 4.74 Å². The first kappa shape index (κ1) is 28.7. The topological polar surface area (TPSA) is 9.23 Å². The maximum Gasteiger partial charge on any atom is 0.0629 e. The van der Waals surface area contributed by atoms with Crippen molar-refractivity contribution in [2.24, 2.45) is 5.92 Å². The molecule has 0 fully saturated rings. The van der Waals surface area contributed by atoms with Crippen molar-refractivity contribution in [3.8, 4) is 0 Å². The molecule has 0 aromatic rings. The molecule has 0 aliphatic heterocycles. The zero-order valence-electron chi connectivity index (χ0n) is 21.1. The van der Waals surface area contributed by atoms with E-state index in [1.807, 2.05) is 0 Å². The number of ether oxygens (including phenoxy) is 1. The molecule has 0 aliphatic rings. The Kier molecular flexibility index (Phi) is 20.7. The number of unbranched alkanes of at least 4 members (excludes halogenated alkanes) is 13. The van der Waals surface area contributed by atoms with Crippen molar-refractivity contribution >= 4 is 0 Å². The summed E-state index contributed by atoms with van der Waals surface area (Å²) < 4.78 is 6.19. The van der Waals surface area contributed by atoms with Crippen molar-refractivity contribution in [1.29, 1.82) is 0 Å². The van der Waals surface area contributed by atoms with Gasteiger partial charge in [0.25, 0.3) is 0 Å². The van der Waals surface area contributed by atoms with Crippen molar-refractivity contribution < 1.29 is 4.74 Å². The second-order valence-electron chi connectivity index (χ2n) is 10.00. The molecule has 0 saturated heterocycles. The average Bonchev–Trinajstić information content (AvgIpc) is 2.68. The van der Waals surface area contributed by atoms with E-state index in [4.69, 9.17) is 4.74 Å². The first-order chi connectivity index (χ1) is 14.0. The van der Waals surface area contributed by atoms with Crippen LogP contribution in [0.25, 0.3) is 0 Å². The van der Waals surface area contributed by atoms with Gasteiger partial charge in [-0.15, -0.1) is 0 Å². The Morgan fingerprint density at radius 2 is 1.14 bits per heavy atom. The minimum Gasteiger partial charge on any atom is -0.376 e. The highest BCUT2D eigenvalue weighted by molar-refractivity contribution is 4.81. The molecule has 0 amide bonds. The predicted octanol–water partition coefficient (Wildman–Crippen LogP) is 10.0. The molecule has 0 rings (SSSR count). The third kappa shape index (κ3) is 22.2. The maximum absolute atomic E-state index is 6.19. The van der Waals surface area contributed by atoms with Gasteiger partial charge >= 0.3 is 0 Å². The van der Waals surface area contributed by atoms with Crippen LogP contribution in [0.2, 0.25) is 0 Å². The van der Waals surface area contributed by atoms with E-state index in [9.17, 15) is 0 Å². The lowest BCUT2D eigenvalue weighted by Gasteiger charge is -2.28. The van der Waals surface area contributed by atoms with Gasteiger partial charge in [0.2, 0.25) is 0 Å². The Morgan fingerprint density at radius 3 is 1.69 bits per heavy atom. The summed E-state index contributed by atoms with van der Waals surface area (Å²) in [7, 11) is 0. The van der Waals surface area contributed by atoms with E-state index in [2.05, 4.69) is 46.8 Å². The monoisotopic (exact) mass is 408 g/mol. The summed E-state index contributed by atoms with van der Waals surface area (Å²) in [5, 5.41) is 0. The molecule has 0 aromatic carbocycles. The molecule has 0 spiro atoms. The highest BCUT2D eigenvalue weighted by Gasteiger charge is 2.21.